The van der Waals surface area contributed by atoms with Crippen LogP contribution in [0.2, 0.25) is 0 Å². The quantitative estimate of drug-likeness (QED) is 0.921. The van der Waals surface area contributed by atoms with Gasteiger partial charge in [0, 0.05) is 44.5 Å². The number of ether oxygens (including phenoxy) is 1. The maximum atomic E-state index is 6.08. The van der Waals surface area contributed by atoms with Crippen LogP contribution < -0.4 is 15.4 Å². The number of hydrogen-bond acceptors (Lipinski definition) is 4. The molecule has 2 N–H and O–H groups in total. The normalized spacial score (nSPS) is 17.0. The lowest BCUT2D eigenvalue weighted by Crippen LogP contribution is -2.49. The summed E-state index contributed by atoms with van der Waals surface area (Å²) in [7, 11) is 1.70. The second kappa shape index (κ2) is 7.49. The lowest BCUT2D eigenvalue weighted by molar-refractivity contribution is 0.190. The smallest absolute Gasteiger partial charge is 0.119 e. The zero-order valence-electron chi connectivity index (χ0n) is 13.7. The topological polar surface area (TPSA) is 41.7 Å². The van der Waals surface area contributed by atoms with Gasteiger partial charge in [0.25, 0.3) is 0 Å². The van der Waals surface area contributed by atoms with Crippen molar-refractivity contribution in [1.82, 2.24) is 4.90 Å². The van der Waals surface area contributed by atoms with E-state index in [0.29, 0.717) is 6.54 Å². The zero-order valence-corrected chi connectivity index (χ0v) is 13.7. The van der Waals surface area contributed by atoms with Crippen molar-refractivity contribution in [1.29, 1.82) is 0 Å². The zero-order chi connectivity index (χ0) is 16.1. The highest BCUT2D eigenvalue weighted by Gasteiger charge is 2.24. The number of rotatable bonds is 5. The largest absolute Gasteiger partial charge is 0.497 e. The minimum Gasteiger partial charge on any atom is -0.497 e. The standard InChI is InChI=1S/C19H25N3O/c1-23-18-9-5-6-16(14-18)19(15-20)22-12-10-21(11-13-22)17-7-3-2-4-8-17/h2-9,14,19H,10-13,15,20H2,1H3. The van der Waals surface area contributed by atoms with Crippen LogP contribution in [0.25, 0.3) is 0 Å². The van der Waals surface area contributed by atoms with Crippen molar-refractivity contribution in [2.24, 2.45) is 5.73 Å². The van der Waals surface area contributed by atoms with Gasteiger partial charge in [0.15, 0.2) is 0 Å². The lowest BCUT2D eigenvalue weighted by atomic mass is 10.0. The van der Waals surface area contributed by atoms with Gasteiger partial charge in [0.1, 0.15) is 5.75 Å². The third-order valence-electron chi connectivity index (χ3n) is 4.58. The van der Waals surface area contributed by atoms with E-state index in [0.717, 1.165) is 31.9 Å². The van der Waals surface area contributed by atoms with Gasteiger partial charge in [-0.15, -0.1) is 0 Å². The van der Waals surface area contributed by atoms with Crippen molar-refractivity contribution < 1.29 is 4.74 Å². The Labute approximate surface area is 138 Å². The van der Waals surface area contributed by atoms with Crippen LogP contribution in [0.3, 0.4) is 0 Å². The lowest BCUT2D eigenvalue weighted by Gasteiger charge is -2.40. The highest BCUT2D eigenvalue weighted by atomic mass is 16.5. The van der Waals surface area contributed by atoms with Gasteiger partial charge in [-0.3, -0.25) is 4.90 Å². The predicted octanol–water partition coefficient (Wildman–Crippen LogP) is 2.52. The van der Waals surface area contributed by atoms with Gasteiger partial charge in [-0.25, -0.2) is 0 Å². The molecule has 2 aromatic carbocycles. The maximum Gasteiger partial charge on any atom is 0.119 e. The van der Waals surface area contributed by atoms with E-state index in [-0.39, 0.29) is 6.04 Å². The van der Waals surface area contributed by atoms with Gasteiger partial charge in [0.2, 0.25) is 0 Å². The third kappa shape index (κ3) is 3.66. The first-order valence-electron chi connectivity index (χ1n) is 8.20. The van der Waals surface area contributed by atoms with E-state index in [4.69, 9.17) is 10.5 Å². The number of nitrogens with two attached hydrogens (primary N) is 1. The molecule has 2 aromatic rings. The van der Waals surface area contributed by atoms with Crippen LogP contribution in [0.4, 0.5) is 5.69 Å². The summed E-state index contributed by atoms with van der Waals surface area (Å²) in [5, 5.41) is 0. The Morgan fingerprint density at radius 3 is 2.39 bits per heavy atom. The second-order valence-electron chi connectivity index (χ2n) is 5.89. The molecular weight excluding hydrogens is 286 g/mol. The number of hydrogen-bond donors (Lipinski definition) is 1. The molecule has 1 atom stereocenters. The monoisotopic (exact) mass is 311 g/mol. The van der Waals surface area contributed by atoms with Gasteiger partial charge in [-0.1, -0.05) is 30.3 Å². The molecule has 1 heterocycles. The molecule has 1 aliphatic rings. The van der Waals surface area contributed by atoms with Crippen molar-refractivity contribution in [3.05, 3.63) is 60.2 Å². The summed E-state index contributed by atoms with van der Waals surface area (Å²) in [6, 6.07) is 19.1. The van der Waals surface area contributed by atoms with Crippen LogP contribution in [-0.4, -0.2) is 44.7 Å². The Morgan fingerprint density at radius 1 is 1.00 bits per heavy atom. The number of para-hydroxylation sites is 1. The van der Waals surface area contributed by atoms with Crippen LogP contribution in [0, 0.1) is 0 Å². The van der Waals surface area contributed by atoms with Crippen LogP contribution >= 0.6 is 0 Å². The highest BCUT2D eigenvalue weighted by Crippen LogP contribution is 2.25. The molecule has 4 heteroatoms. The molecule has 0 bridgehead atoms. The molecule has 0 radical (unpaired) electrons. The number of methoxy groups -OCH3 is 1. The van der Waals surface area contributed by atoms with E-state index in [2.05, 4.69) is 52.3 Å². The van der Waals surface area contributed by atoms with E-state index >= 15 is 0 Å². The minimum absolute atomic E-state index is 0.253. The molecule has 0 spiro atoms. The Kier molecular flexibility index (Phi) is 5.16. The first-order valence-corrected chi connectivity index (χ1v) is 8.20. The minimum atomic E-state index is 0.253. The molecule has 3 rings (SSSR count). The van der Waals surface area contributed by atoms with E-state index in [1.807, 2.05) is 12.1 Å². The molecule has 23 heavy (non-hydrogen) atoms. The summed E-state index contributed by atoms with van der Waals surface area (Å²) in [5.74, 6) is 0.892. The molecule has 0 aromatic heterocycles. The van der Waals surface area contributed by atoms with E-state index in [1.54, 1.807) is 7.11 Å². The number of anilines is 1. The summed E-state index contributed by atoms with van der Waals surface area (Å²) in [6.45, 7) is 4.73. The fraction of sp³-hybridized carbons (Fsp3) is 0.368. The molecule has 4 nitrogen and oxygen atoms in total. The second-order valence-corrected chi connectivity index (χ2v) is 5.89. The van der Waals surface area contributed by atoms with Gasteiger partial charge in [-0.05, 0) is 29.8 Å². The Balaban J connectivity index is 1.67. The van der Waals surface area contributed by atoms with Crippen LogP contribution in [-0.2, 0) is 0 Å². The summed E-state index contributed by atoms with van der Waals surface area (Å²) in [4.78, 5) is 4.92. The molecule has 1 saturated heterocycles. The summed E-state index contributed by atoms with van der Waals surface area (Å²) < 4.78 is 5.34. The fourth-order valence-corrected chi connectivity index (χ4v) is 3.28. The SMILES string of the molecule is COc1cccc(C(CN)N2CCN(c3ccccc3)CC2)c1. The Morgan fingerprint density at radius 2 is 1.74 bits per heavy atom. The van der Waals surface area contributed by atoms with Crippen molar-refractivity contribution in [3.63, 3.8) is 0 Å². The molecule has 122 valence electrons. The molecule has 1 aliphatic heterocycles. The fourth-order valence-electron chi connectivity index (χ4n) is 3.28. The van der Waals surface area contributed by atoms with E-state index in [9.17, 15) is 0 Å². The van der Waals surface area contributed by atoms with Crippen LogP contribution in [0.1, 0.15) is 11.6 Å². The first kappa shape index (κ1) is 15.8. The summed E-state index contributed by atoms with van der Waals surface area (Å²) in [6.07, 6.45) is 0. The number of piperazine rings is 1. The van der Waals surface area contributed by atoms with E-state index < -0.39 is 0 Å². The third-order valence-corrected chi connectivity index (χ3v) is 4.58. The molecular formula is C19H25N3O. The van der Waals surface area contributed by atoms with Crippen molar-refractivity contribution in [2.75, 3.05) is 44.7 Å². The average Bonchev–Trinajstić information content (AvgIpc) is 2.64. The predicted molar refractivity (Wildman–Crippen MR) is 95.0 cm³/mol. The maximum absolute atomic E-state index is 6.08. The van der Waals surface area contributed by atoms with Gasteiger partial charge >= 0.3 is 0 Å². The van der Waals surface area contributed by atoms with Crippen molar-refractivity contribution >= 4 is 5.69 Å². The number of nitrogens with zero attached hydrogens (tertiary/aromatic N) is 2. The van der Waals surface area contributed by atoms with Gasteiger partial charge in [0.05, 0.1) is 7.11 Å². The Bertz CT molecular complexity index is 609. The van der Waals surface area contributed by atoms with Crippen molar-refractivity contribution in [3.8, 4) is 5.75 Å². The Hall–Kier alpha value is -2.04. The molecule has 1 unspecified atom stereocenters. The van der Waals surface area contributed by atoms with Crippen LogP contribution in [0.5, 0.6) is 5.75 Å². The van der Waals surface area contributed by atoms with Crippen molar-refractivity contribution in [2.45, 2.75) is 6.04 Å². The summed E-state index contributed by atoms with van der Waals surface area (Å²) in [5.41, 5.74) is 8.62. The average molecular weight is 311 g/mol. The van der Waals surface area contributed by atoms with Gasteiger partial charge < -0.3 is 15.4 Å². The first-order chi connectivity index (χ1) is 11.3. The highest BCUT2D eigenvalue weighted by molar-refractivity contribution is 5.46. The number of benzene rings is 2. The molecule has 0 saturated carbocycles. The van der Waals surface area contributed by atoms with E-state index in [1.165, 1.54) is 11.3 Å². The molecule has 0 aliphatic carbocycles. The molecule has 1 fully saturated rings. The molecule has 0 amide bonds. The van der Waals surface area contributed by atoms with Crippen LogP contribution in [0.15, 0.2) is 54.6 Å². The van der Waals surface area contributed by atoms with Gasteiger partial charge in [-0.2, -0.15) is 0 Å². The summed E-state index contributed by atoms with van der Waals surface area (Å²) >= 11 is 0.